The Labute approximate surface area is 100 Å². The van der Waals surface area contributed by atoms with Crippen LogP contribution in [0.5, 0.6) is 0 Å². The fraction of sp³-hybridized carbons (Fsp3) is 0.357. The maximum Gasteiger partial charge on any atom is 0.313 e. The third-order valence-corrected chi connectivity index (χ3v) is 3.30. The molecule has 90 valence electrons. The first-order valence-electron chi connectivity index (χ1n) is 5.67. The summed E-state index contributed by atoms with van der Waals surface area (Å²) in [6, 6.07) is 6.06. The predicted octanol–water partition coefficient (Wildman–Crippen LogP) is 3.15. The van der Waals surface area contributed by atoms with Gasteiger partial charge in [0.2, 0.25) is 0 Å². The fourth-order valence-corrected chi connectivity index (χ4v) is 2.35. The van der Waals surface area contributed by atoms with Crippen LogP contribution in [0.4, 0.5) is 0 Å². The van der Waals surface area contributed by atoms with E-state index in [1.54, 1.807) is 13.8 Å². The van der Waals surface area contributed by atoms with Gasteiger partial charge in [0.05, 0.1) is 5.41 Å². The smallest absolute Gasteiger partial charge is 0.313 e. The molecule has 0 saturated carbocycles. The number of hydrogen-bond acceptors (Lipinski definition) is 1. The molecule has 0 unspecified atom stereocenters. The van der Waals surface area contributed by atoms with Gasteiger partial charge >= 0.3 is 5.97 Å². The van der Waals surface area contributed by atoms with E-state index in [0.717, 1.165) is 27.7 Å². The van der Waals surface area contributed by atoms with Crippen molar-refractivity contribution in [2.45, 2.75) is 33.1 Å². The van der Waals surface area contributed by atoms with E-state index in [9.17, 15) is 9.90 Å². The topological polar surface area (TPSA) is 53.1 Å². The van der Waals surface area contributed by atoms with E-state index in [2.05, 4.69) is 4.98 Å². The quantitative estimate of drug-likeness (QED) is 0.834. The van der Waals surface area contributed by atoms with Crippen molar-refractivity contribution in [2.24, 2.45) is 0 Å². The van der Waals surface area contributed by atoms with Gasteiger partial charge in [0.15, 0.2) is 0 Å². The number of aromatic amines is 1. The molecule has 1 aromatic heterocycles. The van der Waals surface area contributed by atoms with Gasteiger partial charge in [-0.1, -0.05) is 11.6 Å². The minimum atomic E-state index is -0.879. The molecule has 1 aromatic carbocycles. The molecule has 3 heteroatoms. The summed E-state index contributed by atoms with van der Waals surface area (Å²) in [6.07, 6.45) is 0. The molecule has 0 bridgehead atoms. The van der Waals surface area contributed by atoms with Crippen molar-refractivity contribution in [3.8, 4) is 0 Å². The average molecular weight is 231 g/mol. The minimum Gasteiger partial charge on any atom is -0.481 e. The highest BCUT2D eigenvalue weighted by Gasteiger charge is 2.33. The number of carboxylic acids is 1. The van der Waals surface area contributed by atoms with Gasteiger partial charge in [-0.25, -0.2) is 0 Å². The van der Waals surface area contributed by atoms with Gasteiger partial charge in [-0.2, -0.15) is 0 Å². The summed E-state index contributed by atoms with van der Waals surface area (Å²) in [5, 5.41) is 10.4. The lowest BCUT2D eigenvalue weighted by Gasteiger charge is -2.20. The monoisotopic (exact) mass is 231 g/mol. The molecular formula is C14H17NO2. The lowest BCUT2D eigenvalue weighted by atomic mass is 9.82. The molecule has 0 aliphatic carbocycles. The summed E-state index contributed by atoms with van der Waals surface area (Å²) in [7, 11) is 0. The van der Waals surface area contributed by atoms with Crippen molar-refractivity contribution in [3.05, 3.63) is 35.0 Å². The van der Waals surface area contributed by atoms with Crippen LogP contribution in [0, 0.1) is 13.8 Å². The molecule has 0 saturated heterocycles. The molecule has 2 rings (SSSR count). The Balaban J connectivity index is 2.80. The van der Waals surface area contributed by atoms with Crippen LogP contribution in [0.2, 0.25) is 0 Å². The van der Waals surface area contributed by atoms with E-state index in [1.807, 2.05) is 32.0 Å². The number of aryl methyl sites for hydroxylation is 2. The van der Waals surface area contributed by atoms with Gasteiger partial charge in [0.1, 0.15) is 0 Å². The van der Waals surface area contributed by atoms with Crippen LogP contribution in [0.25, 0.3) is 10.9 Å². The maximum atomic E-state index is 11.4. The van der Waals surface area contributed by atoms with E-state index in [4.69, 9.17) is 0 Å². The van der Waals surface area contributed by atoms with Crippen molar-refractivity contribution in [3.63, 3.8) is 0 Å². The van der Waals surface area contributed by atoms with Crippen molar-refractivity contribution in [1.29, 1.82) is 0 Å². The number of aliphatic carboxylic acids is 1. The molecule has 1 heterocycles. The molecule has 0 amide bonds. The number of hydrogen-bond donors (Lipinski definition) is 2. The average Bonchev–Trinajstić information content (AvgIpc) is 2.53. The summed E-state index contributed by atoms with van der Waals surface area (Å²) in [5.41, 5.74) is 3.06. The number of carbonyl (C=O) groups is 1. The molecule has 0 fully saturated rings. The number of nitrogens with one attached hydrogen (secondary N) is 1. The van der Waals surface area contributed by atoms with Crippen molar-refractivity contribution < 1.29 is 9.90 Å². The second kappa shape index (κ2) is 3.62. The molecule has 0 spiro atoms. The number of rotatable bonds is 2. The third kappa shape index (κ3) is 1.71. The van der Waals surface area contributed by atoms with Crippen molar-refractivity contribution in [1.82, 2.24) is 4.98 Å². The van der Waals surface area contributed by atoms with Gasteiger partial charge in [0, 0.05) is 16.6 Å². The summed E-state index contributed by atoms with van der Waals surface area (Å²) in [6.45, 7) is 7.43. The Morgan fingerprint density at radius 1 is 1.29 bits per heavy atom. The van der Waals surface area contributed by atoms with Crippen LogP contribution in [-0.4, -0.2) is 16.1 Å². The standard InChI is InChI=1S/C14H17NO2/c1-8-5-6-11-10(7-8)12(9(2)15-11)14(3,4)13(16)17/h5-7,15H,1-4H3,(H,16,17). The van der Waals surface area contributed by atoms with E-state index < -0.39 is 11.4 Å². The highest BCUT2D eigenvalue weighted by atomic mass is 16.4. The SMILES string of the molecule is Cc1ccc2[nH]c(C)c(C(C)(C)C(=O)O)c2c1. The summed E-state index contributed by atoms with van der Waals surface area (Å²) < 4.78 is 0. The largest absolute Gasteiger partial charge is 0.481 e. The zero-order valence-electron chi connectivity index (χ0n) is 10.6. The minimum absolute atomic E-state index is 0.803. The van der Waals surface area contributed by atoms with Gasteiger partial charge < -0.3 is 10.1 Å². The van der Waals surface area contributed by atoms with Gasteiger partial charge in [-0.15, -0.1) is 0 Å². The summed E-state index contributed by atoms with van der Waals surface area (Å²) >= 11 is 0. The molecule has 0 aliphatic heterocycles. The van der Waals surface area contributed by atoms with Crippen LogP contribution in [0.1, 0.15) is 30.7 Å². The van der Waals surface area contributed by atoms with Crippen LogP contribution in [0.15, 0.2) is 18.2 Å². The molecule has 17 heavy (non-hydrogen) atoms. The number of carboxylic acid groups (broad SMARTS) is 1. The highest BCUT2D eigenvalue weighted by molar-refractivity contribution is 5.93. The van der Waals surface area contributed by atoms with Gasteiger partial charge in [-0.05, 0) is 45.4 Å². The normalized spacial score (nSPS) is 12.0. The Kier molecular flexibility index (Phi) is 2.49. The van der Waals surface area contributed by atoms with Crippen LogP contribution in [-0.2, 0) is 10.2 Å². The predicted molar refractivity (Wildman–Crippen MR) is 68.4 cm³/mol. The van der Waals surface area contributed by atoms with E-state index >= 15 is 0 Å². The Bertz CT molecular complexity index is 594. The molecule has 0 radical (unpaired) electrons. The van der Waals surface area contributed by atoms with Gasteiger partial charge in [0.25, 0.3) is 0 Å². The fourth-order valence-electron chi connectivity index (χ4n) is 2.35. The lowest BCUT2D eigenvalue weighted by Crippen LogP contribution is -2.29. The van der Waals surface area contributed by atoms with Crippen LogP contribution in [0.3, 0.4) is 0 Å². The second-order valence-corrected chi connectivity index (χ2v) is 5.10. The van der Waals surface area contributed by atoms with Gasteiger partial charge in [-0.3, -0.25) is 4.79 Å². The second-order valence-electron chi connectivity index (χ2n) is 5.10. The number of fused-ring (bicyclic) bond motifs is 1. The lowest BCUT2D eigenvalue weighted by molar-refractivity contribution is -0.142. The van der Waals surface area contributed by atoms with Crippen molar-refractivity contribution >= 4 is 16.9 Å². The number of H-pyrrole nitrogens is 1. The zero-order chi connectivity index (χ0) is 12.8. The first-order chi connectivity index (χ1) is 7.84. The summed E-state index contributed by atoms with van der Waals surface area (Å²) in [4.78, 5) is 14.6. The molecule has 3 nitrogen and oxygen atoms in total. The Hall–Kier alpha value is -1.77. The maximum absolute atomic E-state index is 11.4. The number of benzene rings is 1. The van der Waals surface area contributed by atoms with Crippen LogP contribution >= 0.6 is 0 Å². The molecule has 2 aromatic rings. The van der Waals surface area contributed by atoms with E-state index in [1.165, 1.54) is 0 Å². The first-order valence-corrected chi connectivity index (χ1v) is 5.67. The Morgan fingerprint density at radius 3 is 2.53 bits per heavy atom. The van der Waals surface area contributed by atoms with Crippen molar-refractivity contribution in [2.75, 3.05) is 0 Å². The van der Waals surface area contributed by atoms with E-state index in [0.29, 0.717) is 0 Å². The molecular weight excluding hydrogens is 214 g/mol. The number of aromatic nitrogens is 1. The molecule has 0 atom stereocenters. The molecule has 2 N–H and O–H groups in total. The molecule has 0 aliphatic rings. The third-order valence-electron chi connectivity index (χ3n) is 3.30. The Morgan fingerprint density at radius 2 is 1.94 bits per heavy atom. The first kappa shape index (κ1) is 11.7. The highest BCUT2D eigenvalue weighted by Crippen LogP contribution is 2.34. The van der Waals surface area contributed by atoms with E-state index in [-0.39, 0.29) is 0 Å². The zero-order valence-corrected chi connectivity index (χ0v) is 10.6. The summed E-state index contributed by atoms with van der Waals surface area (Å²) in [5.74, 6) is -0.803. The van der Waals surface area contributed by atoms with Crippen LogP contribution < -0.4 is 0 Å².